The van der Waals surface area contributed by atoms with Gasteiger partial charge in [-0.1, -0.05) is 42.8 Å². The van der Waals surface area contributed by atoms with E-state index in [0.29, 0.717) is 6.54 Å². The Labute approximate surface area is 140 Å². The molecule has 23 heavy (non-hydrogen) atoms. The quantitative estimate of drug-likeness (QED) is 0.686. The third-order valence-electron chi connectivity index (χ3n) is 4.21. The van der Waals surface area contributed by atoms with E-state index >= 15 is 0 Å². The maximum atomic E-state index is 5.70. The number of aliphatic imine (C=N–C) groups is 1. The van der Waals surface area contributed by atoms with E-state index in [9.17, 15) is 0 Å². The molecule has 3 heteroatoms. The van der Waals surface area contributed by atoms with Crippen molar-refractivity contribution < 1.29 is 0 Å². The van der Waals surface area contributed by atoms with Gasteiger partial charge < -0.3 is 11.1 Å². The van der Waals surface area contributed by atoms with Gasteiger partial charge in [-0.05, 0) is 43.5 Å². The van der Waals surface area contributed by atoms with E-state index in [2.05, 4.69) is 47.8 Å². The molecule has 0 aromatic heterocycles. The molecule has 0 radical (unpaired) electrons. The van der Waals surface area contributed by atoms with Crippen LogP contribution in [0.3, 0.4) is 0 Å². The van der Waals surface area contributed by atoms with Crippen LogP contribution in [0.1, 0.15) is 31.2 Å². The Balaban J connectivity index is 2.14. The van der Waals surface area contributed by atoms with Crippen molar-refractivity contribution in [2.75, 3.05) is 20.1 Å². The average molecular weight is 311 g/mol. The van der Waals surface area contributed by atoms with Crippen molar-refractivity contribution in [1.82, 2.24) is 5.32 Å². The highest BCUT2D eigenvalue weighted by Crippen LogP contribution is 2.27. The minimum atomic E-state index is 0.535. The van der Waals surface area contributed by atoms with Gasteiger partial charge in [0, 0.05) is 37.3 Å². The first-order valence-electron chi connectivity index (χ1n) is 8.65. The molecule has 0 heterocycles. The summed E-state index contributed by atoms with van der Waals surface area (Å²) in [5.74, 6) is 0.746. The van der Waals surface area contributed by atoms with Crippen LogP contribution < -0.4 is 11.1 Å². The highest BCUT2D eigenvalue weighted by molar-refractivity contribution is 5.97. The standard InChI is InChI=1S/C20H29N3/c1-22-15-13-19(12-14-21)23-20(11-10-17-8-5-9-17)16-18-6-3-2-4-7-18/h2-4,6-7,10-12,17,22H,5,8-9,13-16,21H2,1H3/b11-10+,19-12-,23-20-. The van der Waals surface area contributed by atoms with Gasteiger partial charge in [-0.3, -0.25) is 4.99 Å². The first-order chi connectivity index (χ1) is 11.3. The molecular formula is C20H29N3. The van der Waals surface area contributed by atoms with Crippen LogP contribution in [0.15, 0.2) is 59.2 Å². The Morgan fingerprint density at radius 1 is 1.30 bits per heavy atom. The normalized spacial score (nSPS) is 16.8. The van der Waals surface area contributed by atoms with Gasteiger partial charge in [-0.25, -0.2) is 0 Å². The molecule has 0 amide bonds. The van der Waals surface area contributed by atoms with Crippen molar-refractivity contribution in [2.24, 2.45) is 16.6 Å². The summed E-state index contributed by atoms with van der Waals surface area (Å²) in [6, 6.07) is 10.5. The summed E-state index contributed by atoms with van der Waals surface area (Å²) in [6.07, 6.45) is 12.4. The number of nitrogens with two attached hydrogens (primary N) is 1. The number of hydrogen-bond donors (Lipinski definition) is 2. The Morgan fingerprint density at radius 2 is 2.09 bits per heavy atom. The van der Waals surface area contributed by atoms with Crippen LogP contribution in [0, 0.1) is 5.92 Å². The number of rotatable bonds is 9. The smallest absolute Gasteiger partial charge is 0.0447 e. The van der Waals surface area contributed by atoms with Crippen molar-refractivity contribution in [3.05, 3.63) is 59.8 Å². The number of nitrogens with zero attached hydrogens (tertiary/aromatic N) is 1. The molecular weight excluding hydrogens is 282 g/mol. The largest absolute Gasteiger partial charge is 0.327 e. The molecule has 3 N–H and O–H groups in total. The number of benzene rings is 1. The van der Waals surface area contributed by atoms with Crippen LogP contribution in [0.4, 0.5) is 0 Å². The summed E-state index contributed by atoms with van der Waals surface area (Å²) in [4.78, 5) is 4.90. The summed E-state index contributed by atoms with van der Waals surface area (Å²) in [5, 5.41) is 3.18. The molecule has 1 saturated carbocycles. The van der Waals surface area contributed by atoms with Gasteiger partial charge in [0.15, 0.2) is 0 Å². The molecule has 3 nitrogen and oxygen atoms in total. The van der Waals surface area contributed by atoms with Crippen molar-refractivity contribution in [3.63, 3.8) is 0 Å². The van der Waals surface area contributed by atoms with Crippen LogP contribution in [0.5, 0.6) is 0 Å². The summed E-state index contributed by atoms with van der Waals surface area (Å²) < 4.78 is 0. The van der Waals surface area contributed by atoms with Crippen molar-refractivity contribution >= 4 is 5.71 Å². The van der Waals surface area contributed by atoms with Crippen molar-refractivity contribution in [1.29, 1.82) is 0 Å². The lowest BCUT2D eigenvalue weighted by Gasteiger charge is -2.21. The van der Waals surface area contributed by atoms with E-state index < -0.39 is 0 Å². The molecule has 0 bridgehead atoms. The zero-order valence-corrected chi connectivity index (χ0v) is 14.2. The van der Waals surface area contributed by atoms with Crippen LogP contribution >= 0.6 is 0 Å². The van der Waals surface area contributed by atoms with E-state index in [1.54, 1.807) is 0 Å². The molecule has 124 valence electrons. The van der Waals surface area contributed by atoms with Gasteiger partial charge in [0.25, 0.3) is 0 Å². The predicted octanol–water partition coefficient (Wildman–Crippen LogP) is 3.48. The molecule has 0 spiro atoms. The summed E-state index contributed by atoms with van der Waals surface area (Å²) in [7, 11) is 1.96. The van der Waals surface area contributed by atoms with Gasteiger partial charge in [0.05, 0.1) is 0 Å². The second kappa shape index (κ2) is 10.1. The zero-order chi connectivity index (χ0) is 16.3. The second-order valence-electron chi connectivity index (χ2n) is 6.10. The Kier molecular flexibility index (Phi) is 7.78. The topological polar surface area (TPSA) is 50.4 Å². The van der Waals surface area contributed by atoms with E-state index in [4.69, 9.17) is 10.7 Å². The molecule has 1 aromatic rings. The lowest BCUT2D eigenvalue weighted by Crippen LogP contribution is -2.11. The van der Waals surface area contributed by atoms with E-state index in [1.807, 2.05) is 13.1 Å². The molecule has 1 aromatic carbocycles. The van der Waals surface area contributed by atoms with Gasteiger partial charge in [-0.15, -0.1) is 0 Å². The van der Waals surface area contributed by atoms with Crippen LogP contribution in [-0.4, -0.2) is 25.8 Å². The van der Waals surface area contributed by atoms with Crippen molar-refractivity contribution in [3.8, 4) is 0 Å². The molecule has 1 fully saturated rings. The third kappa shape index (κ3) is 6.51. The lowest BCUT2D eigenvalue weighted by atomic mass is 9.85. The monoisotopic (exact) mass is 311 g/mol. The zero-order valence-electron chi connectivity index (χ0n) is 14.2. The summed E-state index contributed by atoms with van der Waals surface area (Å²) in [6.45, 7) is 1.45. The minimum absolute atomic E-state index is 0.535. The van der Waals surface area contributed by atoms with E-state index in [1.165, 1.54) is 24.8 Å². The minimum Gasteiger partial charge on any atom is -0.327 e. The van der Waals surface area contributed by atoms with Crippen LogP contribution in [0.2, 0.25) is 0 Å². The van der Waals surface area contributed by atoms with Gasteiger partial charge >= 0.3 is 0 Å². The fraction of sp³-hybridized carbons (Fsp3) is 0.450. The predicted molar refractivity (Wildman–Crippen MR) is 99.7 cm³/mol. The Bertz CT molecular complexity index is 539. The molecule has 2 rings (SSSR count). The molecule has 1 aliphatic rings. The Morgan fingerprint density at radius 3 is 2.70 bits per heavy atom. The third-order valence-corrected chi connectivity index (χ3v) is 4.21. The number of allylic oxidation sites excluding steroid dienone is 2. The van der Waals surface area contributed by atoms with Gasteiger partial charge in [0.1, 0.15) is 0 Å². The van der Waals surface area contributed by atoms with Crippen LogP contribution in [-0.2, 0) is 6.42 Å². The molecule has 0 atom stereocenters. The number of hydrogen-bond acceptors (Lipinski definition) is 3. The van der Waals surface area contributed by atoms with Crippen molar-refractivity contribution in [2.45, 2.75) is 32.1 Å². The highest BCUT2D eigenvalue weighted by Gasteiger charge is 2.13. The lowest BCUT2D eigenvalue weighted by molar-refractivity contribution is 0.388. The highest BCUT2D eigenvalue weighted by atomic mass is 14.8. The fourth-order valence-electron chi connectivity index (χ4n) is 2.60. The summed E-state index contributed by atoms with van der Waals surface area (Å²) >= 11 is 0. The first kappa shape index (κ1) is 17.6. The summed E-state index contributed by atoms with van der Waals surface area (Å²) in [5.41, 5.74) is 9.19. The molecule has 0 saturated heterocycles. The van der Waals surface area contributed by atoms with E-state index in [0.717, 1.165) is 36.7 Å². The van der Waals surface area contributed by atoms with Gasteiger partial charge in [-0.2, -0.15) is 0 Å². The first-order valence-corrected chi connectivity index (χ1v) is 8.65. The van der Waals surface area contributed by atoms with Crippen LogP contribution in [0.25, 0.3) is 0 Å². The number of nitrogens with one attached hydrogen (secondary N) is 1. The Hall–Kier alpha value is -1.71. The average Bonchev–Trinajstić information content (AvgIpc) is 2.52. The fourth-order valence-corrected chi connectivity index (χ4v) is 2.60. The molecule has 1 aliphatic carbocycles. The molecule has 0 unspecified atom stereocenters. The maximum Gasteiger partial charge on any atom is 0.0447 e. The van der Waals surface area contributed by atoms with Gasteiger partial charge in [0.2, 0.25) is 0 Å². The molecule has 0 aliphatic heterocycles. The SMILES string of the molecule is CNCCC(=C/CN)/N=C(/C=C/C1CCC1)Cc1ccccc1. The maximum absolute atomic E-state index is 5.70. The van der Waals surface area contributed by atoms with E-state index in [-0.39, 0.29) is 0 Å². The second-order valence-corrected chi connectivity index (χ2v) is 6.10.